The number of rotatable bonds is 11. The Bertz CT molecular complexity index is 770. The number of aromatic hydroxyl groups is 1. The number of anilines is 1. The lowest BCUT2D eigenvalue weighted by Crippen LogP contribution is -2.13. The van der Waals surface area contributed by atoms with Gasteiger partial charge in [-0.2, -0.15) is 0 Å². The Morgan fingerprint density at radius 3 is 2.00 bits per heavy atom. The summed E-state index contributed by atoms with van der Waals surface area (Å²) in [5, 5.41) is 24.2. The maximum atomic E-state index is 10.1. The van der Waals surface area contributed by atoms with E-state index < -0.39 is 0 Å². The molecule has 1 aliphatic carbocycles. The highest BCUT2D eigenvalue weighted by atomic mass is 17.2. The van der Waals surface area contributed by atoms with Crippen LogP contribution in [0.1, 0.15) is 77.3 Å². The summed E-state index contributed by atoms with van der Waals surface area (Å²) in [6, 6.07) is 3.81. The summed E-state index contributed by atoms with van der Waals surface area (Å²) in [6.45, 7) is 9.55. The third-order valence-electron chi connectivity index (χ3n) is 5.07. The van der Waals surface area contributed by atoms with Gasteiger partial charge in [-0.25, -0.2) is 9.78 Å². The largest absolute Gasteiger partial charge is 0.505 e. The smallest absolute Gasteiger partial charge is 0.142 e. The Morgan fingerprint density at radius 1 is 0.875 bits per heavy atom. The van der Waals surface area contributed by atoms with E-state index in [0.717, 1.165) is 17.5 Å². The second kappa shape index (κ2) is 14.6. The number of nitrogens with one attached hydrogen (secondary N) is 2. The molecule has 5 N–H and O–H groups in total. The number of hydrogen-bond donors (Lipinski definition) is 4. The summed E-state index contributed by atoms with van der Waals surface area (Å²) in [6.07, 6.45) is 14.9. The Balaban J connectivity index is 0.000000533. The quantitative estimate of drug-likeness (QED) is 0.0805. The van der Waals surface area contributed by atoms with Crippen LogP contribution in [0.2, 0.25) is 0 Å². The second-order valence-corrected chi connectivity index (χ2v) is 9.04. The Labute approximate surface area is 193 Å². The molecule has 1 aromatic carbocycles. The summed E-state index contributed by atoms with van der Waals surface area (Å²) in [4.78, 5) is 10.5. The van der Waals surface area contributed by atoms with Crippen molar-refractivity contribution in [3.05, 3.63) is 47.6 Å². The van der Waals surface area contributed by atoms with Crippen molar-refractivity contribution in [2.24, 2.45) is 0 Å². The summed E-state index contributed by atoms with van der Waals surface area (Å²) in [5.74, 6) is 0.187. The van der Waals surface area contributed by atoms with Crippen molar-refractivity contribution in [2.45, 2.75) is 78.1 Å². The Kier molecular flexibility index (Phi) is 12.6. The van der Waals surface area contributed by atoms with Crippen molar-refractivity contribution in [3.8, 4) is 5.75 Å². The minimum Gasteiger partial charge on any atom is -0.505 e. The normalized spacial score (nSPS) is 13.2. The molecule has 0 radical (unpaired) electrons. The van der Waals surface area contributed by atoms with Crippen LogP contribution in [-0.2, 0) is 21.6 Å². The fraction of sp³-hybridized carbons (Fsp3) is 0.538. The topological polar surface area (TPSA) is 112 Å². The van der Waals surface area contributed by atoms with Crippen molar-refractivity contribution in [1.82, 2.24) is 0 Å². The van der Waals surface area contributed by atoms with E-state index in [1.807, 2.05) is 12.1 Å². The van der Waals surface area contributed by atoms with E-state index in [0.29, 0.717) is 25.3 Å². The minimum atomic E-state index is -0.149. The van der Waals surface area contributed by atoms with Gasteiger partial charge in [-0.1, -0.05) is 78.0 Å². The predicted molar refractivity (Wildman–Crippen MR) is 134 cm³/mol. The number of hydrogen-bond acceptors (Lipinski definition) is 6. The molecule has 0 fully saturated rings. The summed E-state index contributed by atoms with van der Waals surface area (Å²) in [7, 11) is 0. The third kappa shape index (κ3) is 10.7. The first-order valence-corrected chi connectivity index (χ1v) is 11.5. The van der Waals surface area contributed by atoms with E-state index in [-0.39, 0.29) is 22.6 Å². The van der Waals surface area contributed by atoms with E-state index in [9.17, 15) is 5.11 Å². The third-order valence-corrected chi connectivity index (χ3v) is 5.07. The average Bonchev–Trinajstić information content (AvgIpc) is 2.73. The second-order valence-electron chi connectivity index (χ2n) is 9.04. The van der Waals surface area contributed by atoms with Crippen LogP contribution in [0.4, 0.5) is 5.69 Å². The molecule has 0 saturated heterocycles. The highest BCUT2D eigenvalue weighted by Gasteiger charge is 2.20. The Hall–Kier alpha value is -2.44. The van der Waals surface area contributed by atoms with Crippen molar-refractivity contribution < 1.29 is 14.9 Å². The molecule has 0 saturated carbocycles. The van der Waals surface area contributed by atoms with Gasteiger partial charge in [0, 0.05) is 5.56 Å². The first kappa shape index (κ1) is 27.6. The lowest BCUT2D eigenvalue weighted by Gasteiger charge is -2.22. The molecule has 0 amide bonds. The molecule has 6 heteroatoms. The van der Waals surface area contributed by atoms with Crippen LogP contribution in [0.15, 0.2) is 36.4 Å². The molecule has 0 spiro atoms. The van der Waals surface area contributed by atoms with E-state index in [4.69, 9.17) is 26.3 Å². The molecule has 0 aliphatic heterocycles. The molecular formula is C26H41N3O3. The van der Waals surface area contributed by atoms with E-state index in [2.05, 4.69) is 27.7 Å². The molecule has 0 bridgehead atoms. The highest BCUT2D eigenvalue weighted by Crippen LogP contribution is 2.35. The lowest BCUT2D eigenvalue weighted by molar-refractivity contribution is -0.294. The zero-order valence-corrected chi connectivity index (χ0v) is 20.2. The number of unbranched alkanes of at least 4 members (excludes halogenated alkanes) is 5. The molecule has 1 aliphatic rings. The lowest BCUT2D eigenvalue weighted by atomic mass is 9.84. The van der Waals surface area contributed by atoms with E-state index in [1.165, 1.54) is 32.1 Å². The SMILES string of the molecule is CCCCCCCCOOCCc1cc(N)c(O)c(C(C)(C)C)c1.N=C1C=CC=CC1=N. The number of nitrogen functional groups attached to an aromatic ring is 1. The van der Waals surface area contributed by atoms with Gasteiger partial charge in [-0.05, 0) is 42.0 Å². The molecule has 178 valence electrons. The molecule has 0 atom stereocenters. The van der Waals surface area contributed by atoms with Crippen LogP contribution >= 0.6 is 0 Å². The predicted octanol–water partition coefficient (Wildman–Crippen LogP) is 6.28. The Morgan fingerprint density at radius 2 is 1.44 bits per heavy atom. The molecule has 32 heavy (non-hydrogen) atoms. The van der Waals surface area contributed by atoms with Crippen LogP contribution in [-0.4, -0.2) is 29.7 Å². The first-order valence-electron chi connectivity index (χ1n) is 11.5. The van der Waals surface area contributed by atoms with Crippen molar-refractivity contribution in [3.63, 3.8) is 0 Å². The maximum absolute atomic E-state index is 10.1. The molecule has 1 aromatic rings. The van der Waals surface area contributed by atoms with Crippen LogP contribution in [0, 0.1) is 10.8 Å². The van der Waals surface area contributed by atoms with Gasteiger partial charge >= 0.3 is 0 Å². The van der Waals surface area contributed by atoms with Gasteiger partial charge in [0.1, 0.15) is 5.75 Å². The number of phenolic OH excluding ortho intramolecular Hbond substituents is 1. The van der Waals surface area contributed by atoms with Crippen LogP contribution < -0.4 is 5.73 Å². The number of nitrogens with two attached hydrogens (primary N) is 1. The zero-order valence-electron chi connectivity index (χ0n) is 20.2. The van der Waals surface area contributed by atoms with Crippen molar-refractivity contribution >= 4 is 17.1 Å². The summed E-state index contributed by atoms with van der Waals surface area (Å²) in [5.41, 5.74) is 8.68. The summed E-state index contributed by atoms with van der Waals surface area (Å²) >= 11 is 0. The molecular weight excluding hydrogens is 402 g/mol. The van der Waals surface area contributed by atoms with Gasteiger partial charge in [0.2, 0.25) is 0 Å². The number of allylic oxidation sites excluding steroid dienone is 4. The standard InChI is InChI=1S/C20H35NO3.C6H6N2/c1-5-6-7-8-9-10-12-23-24-13-11-16-14-17(20(2,3)4)19(22)18(21)15-16;7-5-3-1-2-4-6(5)8/h14-15,22H,5-13,21H2,1-4H3;1-4,7-8H. The van der Waals surface area contributed by atoms with Gasteiger partial charge in [0.05, 0.1) is 30.3 Å². The molecule has 0 heterocycles. The summed E-state index contributed by atoms with van der Waals surface area (Å²) < 4.78 is 0. The first-order chi connectivity index (χ1) is 15.2. The van der Waals surface area contributed by atoms with E-state index in [1.54, 1.807) is 24.3 Å². The fourth-order valence-corrected chi connectivity index (χ4v) is 3.14. The van der Waals surface area contributed by atoms with Crippen molar-refractivity contribution in [2.75, 3.05) is 18.9 Å². The van der Waals surface area contributed by atoms with Crippen LogP contribution in [0.5, 0.6) is 5.75 Å². The van der Waals surface area contributed by atoms with Gasteiger partial charge < -0.3 is 10.8 Å². The molecule has 0 unspecified atom stereocenters. The average molecular weight is 444 g/mol. The monoisotopic (exact) mass is 443 g/mol. The molecule has 6 nitrogen and oxygen atoms in total. The van der Waals surface area contributed by atoms with E-state index >= 15 is 0 Å². The van der Waals surface area contributed by atoms with Crippen LogP contribution in [0.25, 0.3) is 0 Å². The van der Waals surface area contributed by atoms with Gasteiger partial charge in [-0.3, -0.25) is 10.8 Å². The minimum absolute atomic E-state index is 0.149. The maximum Gasteiger partial charge on any atom is 0.142 e. The number of benzene rings is 1. The zero-order chi connectivity index (χ0) is 24.0. The van der Waals surface area contributed by atoms with Crippen LogP contribution in [0.3, 0.4) is 0 Å². The molecule has 2 rings (SSSR count). The van der Waals surface area contributed by atoms with Gasteiger partial charge in [0.15, 0.2) is 0 Å². The van der Waals surface area contributed by atoms with Gasteiger partial charge in [-0.15, -0.1) is 0 Å². The fourth-order valence-electron chi connectivity index (χ4n) is 3.14. The molecule has 0 aromatic heterocycles. The highest BCUT2D eigenvalue weighted by molar-refractivity contribution is 6.48. The van der Waals surface area contributed by atoms with Crippen molar-refractivity contribution in [1.29, 1.82) is 10.8 Å². The number of phenols is 1. The van der Waals surface area contributed by atoms with Gasteiger partial charge in [0.25, 0.3) is 0 Å².